The first-order valence-corrected chi connectivity index (χ1v) is 6.36. The van der Waals surface area contributed by atoms with Crippen molar-refractivity contribution in [2.24, 2.45) is 7.05 Å². The van der Waals surface area contributed by atoms with Gasteiger partial charge in [-0.1, -0.05) is 24.3 Å². The average molecular weight is 252 g/mol. The molecule has 3 nitrogen and oxygen atoms in total. The van der Waals surface area contributed by atoms with Crippen LogP contribution in [0.5, 0.6) is 0 Å². The van der Waals surface area contributed by atoms with Crippen molar-refractivity contribution in [3.8, 4) is 11.4 Å². The third-order valence-corrected chi connectivity index (χ3v) is 3.41. The van der Waals surface area contributed by atoms with Crippen LogP contribution in [0.3, 0.4) is 0 Å². The van der Waals surface area contributed by atoms with Crippen LogP contribution in [-0.4, -0.2) is 14.7 Å². The van der Waals surface area contributed by atoms with Crippen LogP contribution in [0.4, 0.5) is 0 Å². The number of aliphatic hydroxyl groups excluding tert-OH is 1. The number of fused-ring (bicyclic) bond motifs is 1. The number of aromatic nitrogens is 2. The summed E-state index contributed by atoms with van der Waals surface area (Å²) >= 11 is 0. The molecule has 1 N–H and O–H groups in total. The van der Waals surface area contributed by atoms with Gasteiger partial charge in [-0.15, -0.1) is 0 Å². The topological polar surface area (TPSA) is 38.0 Å². The molecule has 2 heterocycles. The number of benzene rings is 1. The number of aliphatic hydroxyl groups is 1. The lowest BCUT2D eigenvalue weighted by Gasteiger charge is -2.07. The van der Waals surface area contributed by atoms with E-state index in [1.165, 1.54) is 10.9 Å². The van der Waals surface area contributed by atoms with E-state index in [-0.39, 0.29) is 0 Å². The minimum atomic E-state index is -0.547. The zero-order valence-electron chi connectivity index (χ0n) is 11.0. The molecule has 0 saturated heterocycles. The second-order valence-electron chi connectivity index (χ2n) is 4.77. The lowest BCUT2D eigenvalue weighted by Crippen LogP contribution is -1.98. The van der Waals surface area contributed by atoms with Gasteiger partial charge in [0.15, 0.2) is 0 Å². The van der Waals surface area contributed by atoms with Gasteiger partial charge in [-0.25, -0.2) is 4.98 Å². The monoisotopic (exact) mass is 252 g/mol. The Hall–Kier alpha value is -2.13. The van der Waals surface area contributed by atoms with Crippen molar-refractivity contribution in [3.05, 3.63) is 54.2 Å². The second-order valence-corrected chi connectivity index (χ2v) is 4.77. The van der Waals surface area contributed by atoms with Crippen LogP contribution in [0.15, 0.2) is 48.5 Å². The first-order chi connectivity index (χ1) is 9.16. The van der Waals surface area contributed by atoms with Crippen molar-refractivity contribution >= 4 is 10.9 Å². The molecule has 0 spiro atoms. The first kappa shape index (κ1) is 11.9. The fourth-order valence-electron chi connectivity index (χ4n) is 2.36. The van der Waals surface area contributed by atoms with Crippen LogP contribution in [0.2, 0.25) is 0 Å². The molecule has 0 radical (unpaired) electrons. The van der Waals surface area contributed by atoms with Crippen molar-refractivity contribution in [2.75, 3.05) is 0 Å². The van der Waals surface area contributed by atoms with Gasteiger partial charge in [-0.3, -0.25) is 0 Å². The molecule has 0 saturated carbocycles. The zero-order chi connectivity index (χ0) is 13.4. The Balaban J connectivity index is 2.19. The highest BCUT2D eigenvalue weighted by Gasteiger charge is 2.10. The summed E-state index contributed by atoms with van der Waals surface area (Å²) in [6, 6.07) is 16.1. The van der Waals surface area contributed by atoms with E-state index in [1.807, 2.05) is 37.4 Å². The summed E-state index contributed by atoms with van der Waals surface area (Å²) in [5, 5.41) is 10.8. The zero-order valence-corrected chi connectivity index (χ0v) is 11.0. The molecule has 0 aliphatic rings. The Morgan fingerprint density at radius 2 is 1.89 bits per heavy atom. The van der Waals surface area contributed by atoms with E-state index in [4.69, 9.17) is 0 Å². The van der Waals surface area contributed by atoms with E-state index >= 15 is 0 Å². The van der Waals surface area contributed by atoms with Gasteiger partial charge < -0.3 is 9.67 Å². The van der Waals surface area contributed by atoms with E-state index in [0.717, 1.165) is 11.4 Å². The third kappa shape index (κ3) is 2.02. The van der Waals surface area contributed by atoms with Crippen molar-refractivity contribution < 1.29 is 5.11 Å². The number of pyridine rings is 1. The first-order valence-electron chi connectivity index (χ1n) is 6.36. The Morgan fingerprint density at radius 3 is 2.63 bits per heavy atom. The molecule has 0 aliphatic heterocycles. The van der Waals surface area contributed by atoms with E-state index in [1.54, 1.807) is 6.92 Å². The summed E-state index contributed by atoms with van der Waals surface area (Å²) in [6.45, 7) is 1.73. The number of nitrogens with zero attached hydrogens (tertiary/aromatic N) is 2. The van der Waals surface area contributed by atoms with Crippen molar-refractivity contribution in [1.29, 1.82) is 0 Å². The minimum absolute atomic E-state index is 0.547. The van der Waals surface area contributed by atoms with Crippen molar-refractivity contribution in [1.82, 2.24) is 9.55 Å². The Bertz CT molecular complexity index is 728. The average Bonchev–Trinajstić information content (AvgIpc) is 2.77. The van der Waals surface area contributed by atoms with Gasteiger partial charge in [-0.05, 0) is 31.2 Å². The summed E-state index contributed by atoms with van der Waals surface area (Å²) in [5.41, 5.74) is 3.82. The number of hydrogen-bond donors (Lipinski definition) is 1. The quantitative estimate of drug-likeness (QED) is 0.760. The molecule has 1 atom stereocenters. The molecule has 2 aromatic heterocycles. The van der Waals surface area contributed by atoms with Crippen LogP contribution in [-0.2, 0) is 7.05 Å². The van der Waals surface area contributed by atoms with E-state index in [0.29, 0.717) is 5.69 Å². The maximum Gasteiger partial charge on any atom is 0.0932 e. The van der Waals surface area contributed by atoms with E-state index in [2.05, 4.69) is 27.8 Å². The van der Waals surface area contributed by atoms with Gasteiger partial charge in [-0.2, -0.15) is 0 Å². The van der Waals surface area contributed by atoms with Gasteiger partial charge in [0.1, 0.15) is 0 Å². The lowest BCUT2D eigenvalue weighted by atomic mass is 10.2. The largest absolute Gasteiger partial charge is 0.387 e. The fourth-order valence-corrected chi connectivity index (χ4v) is 2.36. The third-order valence-electron chi connectivity index (χ3n) is 3.41. The van der Waals surface area contributed by atoms with Gasteiger partial charge in [0, 0.05) is 18.0 Å². The van der Waals surface area contributed by atoms with Crippen molar-refractivity contribution in [2.45, 2.75) is 13.0 Å². The minimum Gasteiger partial charge on any atom is -0.387 e. The van der Waals surface area contributed by atoms with Crippen LogP contribution in [0.1, 0.15) is 18.7 Å². The maximum atomic E-state index is 9.63. The number of para-hydroxylation sites is 1. The van der Waals surface area contributed by atoms with Gasteiger partial charge in [0.05, 0.1) is 23.2 Å². The standard InChI is InChI=1S/C16H16N2O/c1-11(19)13-7-5-8-14(17-13)16-10-12-6-3-4-9-15(12)18(16)2/h3-11,19H,1-2H3/t11-/m0/s1. The SMILES string of the molecule is C[C@H](O)c1cccc(-c2cc3ccccc3n2C)n1. The van der Waals surface area contributed by atoms with Gasteiger partial charge in [0.2, 0.25) is 0 Å². The molecular formula is C16H16N2O. The fraction of sp³-hybridized carbons (Fsp3) is 0.188. The summed E-state index contributed by atoms with van der Waals surface area (Å²) in [4.78, 5) is 4.53. The van der Waals surface area contributed by atoms with Crippen LogP contribution < -0.4 is 0 Å². The molecule has 3 heteroatoms. The maximum absolute atomic E-state index is 9.63. The Labute approximate surface area is 112 Å². The number of rotatable bonds is 2. The van der Waals surface area contributed by atoms with Crippen LogP contribution in [0.25, 0.3) is 22.3 Å². The second kappa shape index (κ2) is 4.52. The molecule has 3 aromatic rings. The summed E-state index contributed by atoms with van der Waals surface area (Å²) in [7, 11) is 2.04. The normalized spacial score (nSPS) is 12.8. The van der Waals surface area contributed by atoms with E-state index in [9.17, 15) is 5.11 Å². The van der Waals surface area contributed by atoms with Crippen molar-refractivity contribution in [3.63, 3.8) is 0 Å². The number of aryl methyl sites for hydroxylation is 1. The predicted octanol–water partition coefficient (Wildman–Crippen LogP) is 3.29. The lowest BCUT2D eigenvalue weighted by molar-refractivity contribution is 0.194. The highest BCUT2D eigenvalue weighted by Crippen LogP contribution is 2.26. The molecule has 96 valence electrons. The molecule has 1 aromatic carbocycles. The molecule has 0 bridgehead atoms. The molecule has 0 unspecified atom stereocenters. The highest BCUT2D eigenvalue weighted by atomic mass is 16.3. The number of hydrogen-bond acceptors (Lipinski definition) is 2. The van der Waals surface area contributed by atoms with Crippen LogP contribution in [0, 0.1) is 0 Å². The predicted molar refractivity (Wildman–Crippen MR) is 76.8 cm³/mol. The van der Waals surface area contributed by atoms with Gasteiger partial charge >= 0.3 is 0 Å². The van der Waals surface area contributed by atoms with Crippen LogP contribution >= 0.6 is 0 Å². The Kier molecular flexibility index (Phi) is 2.84. The summed E-state index contributed by atoms with van der Waals surface area (Å²) in [6.07, 6.45) is -0.547. The molecule has 0 amide bonds. The smallest absolute Gasteiger partial charge is 0.0932 e. The van der Waals surface area contributed by atoms with Gasteiger partial charge in [0.25, 0.3) is 0 Å². The summed E-state index contributed by atoms with van der Waals surface area (Å²) in [5.74, 6) is 0. The molecule has 3 rings (SSSR count). The molecule has 0 fully saturated rings. The highest BCUT2D eigenvalue weighted by molar-refractivity contribution is 5.86. The Morgan fingerprint density at radius 1 is 1.11 bits per heavy atom. The summed E-state index contributed by atoms with van der Waals surface area (Å²) < 4.78 is 2.13. The molecule has 0 aliphatic carbocycles. The van der Waals surface area contributed by atoms with E-state index < -0.39 is 6.10 Å². The molecular weight excluding hydrogens is 236 g/mol. The molecule has 19 heavy (non-hydrogen) atoms.